The number of benzene rings is 2. The number of carbonyl (C=O) groups is 1. The Hall–Kier alpha value is -2.95. The zero-order chi connectivity index (χ0) is 16.4. The normalized spacial score (nSPS) is 11.4. The number of fused-ring (bicyclic) bond motifs is 1. The van der Waals surface area contributed by atoms with E-state index < -0.39 is 17.6 Å². The van der Waals surface area contributed by atoms with Crippen molar-refractivity contribution >= 4 is 22.9 Å². The number of para-hydroxylation sites is 1. The highest BCUT2D eigenvalue weighted by molar-refractivity contribution is 5.93. The molecule has 0 saturated carbocycles. The lowest BCUT2D eigenvalue weighted by Crippen LogP contribution is -1.99. The first kappa shape index (κ1) is 15.0. The van der Waals surface area contributed by atoms with Gasteiger partial charge in [0.2, 0.25) is 0 Å². The summed E-state index contributed by atoms with van der Waals surface area (Å²) in [4.78, 5) is 10.7. The first-order valence-corrected chi connectivity index (χ1v) is 6.97. The number of rotatable bonds is 4. The van der Waals surface area contributed by atoms with Crippen LogP contribution in [0.25, 0.3) is 17.0 Å². The van der Waals surface area contributed by atoms with Gasteiger partial charge in [0.15, 0.2) is 0 Å². The third-order valence-corrected chi connectivity index (χ3v) is 3.50. The summed E-state index contributed by atoms with van der Waals surface area (Å²) in [5.41, 5.74) is 2.10. The Bertz CT molecular complexity index is 892. The van der Waals surface area contributed by atoms with Gasteiger partial charge in [-0.2, -0.15) is 0 Å². The number of aliphatic carboxylic acids is 1. The van der Waals surface area contributed by atoms with E-state index in [1.54, 1.807) is 6.20 Å². The van der Waals surface area contributed by atoms with Crippen LogP contribution >= 0.6 is 0 Å². The Morgan fingerprint density at radius 2 is 1.83 bits per heavy atom. The lowest BCUT2D eigenvalue weighted by Gasteiger charge is -2.06. The zero-order valence-corrected chi connectivity index (χ0v) is 12.0. The summed E-state index contributed by atoms with van der Waals surface area (Å²) < 4.78 is 28.5. The van der Waals surface area contributed by atoms with E-state index >= 15 is 0 Å². The monoisotopic (exact) mass is 313 g/mol. The molecule has 0 radical (unpaired) electrons. The predicted molar refractivity (Wildman–Crippen MR) is 84.1 cm³/mol. The maximum Gasteiger partial charge on any atom is 0.328 e. The van der Waals surface area contributed by atoms with Gasteiger partial charge in [0.1, 0.15) is 11.6 Å². The summed E-state index contributed by atoms with van der Waals surface area (Å²) in [5.74, 6) is -2.28. The number of aromatic nitrogens is 1. The topological polar surface area (TPSA) is 42.2 Å². The van der Waals surface area contributed by atoms with Crippen LogP contribution in [-0.4, -0.2) is 15.6 Å². The van der Waals surface area contributed by atoms with Crippen LogP contribution in [0.1, 0.15) is 11.1 Å². The highest BCUT2D eigenvalue weighted by Crippen LogP contribution is 2.24. The van der Waals surface area contributed by atoms with Gasteiger partial charge in [0, 0.05) is 41.4 Å². The number of carboxylic acids is 1. The van der Waals surface area contributed by atoms with E-state index in [0.29, 0.717) is 5.56 Å². The quantitative estimate of drug-likeness (QED) is 0.738. The lowest BCUT2D eigenvalue weighted by molar-refractivity contribution is -0.131. The Morgan fingerprint density at radius 3 is 2.52 bits per heavy atom. The maximum absolute atomic E-state index is 13.3. The number of nitrogens with zero attached hydrogens (tertiary/aromatic N) is 1. The minimum atomic E-state index is -1.03. The molecule has 116 valence electrons. The molecule has 1 aromatic heterocycles. The Labute approximate surface area is 131 Å². The largest absolute Gasteiger partial charge is 0.478 e. The lowest BCUT2D eigenvalue weighted by atomic mass is 10.1. The number of carboxylic acid groups (broad SMARTS) is 1. The molecule has 0 saturated heterocycles. The molecular weight excluding hydrogens is 300 g/mol. The molecular formula is C18H13F2NO2. The third-order valence-electron chi connectivity index (χ3n) is 3.50. The molecule has 1 N–H and O–H groups in total. The van der Waals surface area contributed by atoms with E-state index in [0.717, 1.165) is 28.6 Å². The minimum Gasteiger partial charge on any atom is -0.478 e. The fourth-order valence-corrected chi connectivity index (χ4v) is 2.60. The SMILES string of the molecule is O=C(O)/C=C/c1cn(Cc2cc(F)cc(F)c2)c2ccccc12. The van der Waals surface area contributed by atoms with Crippen molar-refractivity contribution in [3.8, 4) is 0 Å². The molecule has 0 amide bonds. The summed E-state index contributed by atoms with van der Waals surface area (Å²) in [6, 6.07) is 10.9. The first-order valence-electron chi connectivity index (χ1n) is 6.97. The second kappa shape index (κ2) is 6.04. The molecule has 3 aromatic rings. The third kappa shape index (κ3) is 3.29. The van der Waals surface area contributed by atoms with E-state index in [2.05, 4.69) is 0 Å². The number of halogens is 2. The average Bonchev–Trinajstić information content (AvgIpc) is 2.82. The maximum atomic E-state index is 13.3. The Balaban J connectivity index is 2.05. The molecule has 0 aliphatic heterocycles. The van der Waals surface area contributed by atoms with Gasteiger partial charge in [-0.05, 0) is 29.8 Å². The summed E-state index contributed by atoms with van der Waals surface area (Å²) in [6.07, 6.45) is 4.34. The second-order valence-corrected chi connectivity index (χ2v) is 5.18. The molecule has 0 atom stereocenters. The number of hydrogen-bond donors (Lipinski definition) is 1. The smallest absolute Gasteiger partial charge is 0.328 e. The highest BCUT2D eigenvalue weighted by Gasteiger charge is 2.08. The van der Waals surface area contributed by atoms with Crippen molar-refractivity contribution in [2.45, 2.75) is 6.54 Å². The Kier molecular flexibility index (Phi) is 3.93. The molecule has 3 rings (SSSR count). The number of hydrogen-bond acceptors (Lipinski definition) is 1. The molecule has 5 heteroatoms. The summed E-state index contributed by atoms with van der Waals surface area (Å²) >= 11 is 0. The minimum absolute atomic E-state index is 0.288. The fraction of sp³-hybridized carbons (Fsp3) is 0.0556. The van der Waals surface area contributed by atoms with E-state index in [4.69, 9.17) is 5.11 Å². The van der Waals surface area contributed by atoms with Crippen LogP contribution in [0, 0.1) is 11.6 Å². The second-order valence-electron chi connectivity index (χ2n) is 5.18. The molecule has 23 heavy (non-hydrogen) atoms. The van der Waals surface area contributed by atoms with Crippen molar-refractivity contribution < 1.29 is 18.7 Å². The van der Waals surface area contributed by atoms with E-state index in [1.165, 1.54) is 18.2 Å². The molecule has 0 unspecified atom stereocenters. The van der Waals surface area contributed by atoms with Crippen molar-refractivity contribution in [1.82, 2.24) is 4.57 Å². The van der Waals surface area contributed by atoms with Crippen LogP contribution in [0.15, 0.2) is 54.7 Å². The highest BCUT2D eigenvalue weighted by atomic mass is 19.1. The van der Waals surface area contributed by atoms with Crippen molar-refractivity contribution in [3.05, 3.63) is 77.5 Å². The summed E-state index contributed by atoms with van der Waals surface area (Å²) in [6.45, 7) is 0.288. The summed E-state index contributed by atoms with van der Waals surface area (Å²) in [5, 5.41) is 9.65. The van der Waals surface area contributed by atoms with Crippen molar-refractivity contribution in [2.75, 3.05) is 0 Å². The zero-order valence-electron chi connectivity index (χ0n) is 12.0. The molecule has 0 spiro atoms. The van der Waals surface area contributed by atoms with Gasteiger partial charge >= 0.3 is 5.97 Å². The first-order chi connectivity index (χ1) is 11.0. The van der Waals surface area contributed by atoms with Crippen LogP contribution in [0.2, 0.25) is 0 Å². The summed E-state index contributed by atoms with van der Waals surface area (Å²) in [7, 11) is 0. The van der Waals surface area contributed by atoms with Crippen molar-refractivity contribution in [3.63, 3.8) is 0 Å². The molecule has 0 bridgehead atoms. The van der Waals surface area contributed by atoms with Crippen LogP contribution in [0.5, 0.6) is 0 Å². The van der Waals surface area contributed by atoms with Gasteiger partial charge in [0.25, 0.3) is 0 Å². The van der Waals surface area contributed by atoms with Gasteiger partial charge in [0.05, 0.1) is 0 Å². The van der Waals surface area contributed by atoms with Crippen LogP contribution in [0.3, 0.4) is 0 Å². The van der Waals surface area contributed by atoms with Gasteiger partial charge < -0.3 is 9.67 Å². The van der Waals surface area contributed by atoms with Gasteiger partial charge in [-0.25, -0.2) is 13.6 Å². The molecule has 0 aliphatic rings. The molecule has 2 aromatic carbocycles. The van der Waals surface area contributed by atoms with Gasteiger partial charge in [-0.15, -0.1) is 0 Å². The van der Waals surface area contributed by atoms with Crippen molar-refractivity contribution in [2.24, 2.45) is 0 Å². The Morgan fingerprint density at radius 1 is 1.13 bits per heavy atom. The van der Waals surface area contributed by atoms with E-state index in [1.807, 2.05) is 28.8 Å². The molecule has 3 nitrogen and oxygen atoms in total. The fourth-order valence-electron chi connectivity index (χ4n) is 2.60. The molecule has 1 heterocycles. The van der Waals surface area contributed by atoms with Gasteiger partial charge in [-0.1, -0.05) is 18.2 Å². The standard InChI is InChI=1S/C18H13F2NO2/c19-14-7-12(8-15(20)9-14)10-21-11-13(5-6-18(22)23)16-3-1-2-4-17(16)21/h1-9,11H,10H2,(H,22,23)/b6-5+. The molecule has 0 aliphatic carbocycles. The van der Waals surface area contributed by atoms with Crippen molar-refractivity contribution in [1.29, 1.82) is 0 Å². The van der Waals surface area contributed by atoms with Gasteiger partial charge in [-0.3, -0.25) is 0 Å². The van der Waals surface area contributed by atoms with Crippen LogP contribution < -0.4 is 0 Å². The average molecular weight is 313 g/mol. The van der Waals surface area contributed by atoms with E-state index in [-0.39, 0.29) is 6.54 Å². The van der Waals surface area contributed by atoms with Crippen LogP contribution in [0.4, 0.5) is 8.78 Å². The van der Waals surface area contributed by atoms with E-state index in [9.17, 15) is 13.6 Å². The predicted octanol–water partition coefficient (Wildman–Crippen LogP) is 4.07. The van der Waals surface area contributed by atoms with Crippen LogP contribution in [-0.2, 0) is 11.3 Å². The molecule has 0 fully saturated rings.